The number of aldehydes is 1. The minimum atomic E-state index is -0.593. The van der Waals surface area contributed by atoms with Crippen molar-refractivity contribution >= 4 is 12.3 Å². The van der Waals surface area contributed by atoms with E-state index in [2.05, 4.69) is 13.8 Å². The Hall–Kier alpha value is -1.64. The zero-order valence-corrected chi connectivity index (χ0v) is 16.7. The van der Waals surface area contributed by atoms with Gasteiger partial charge in [-0.15, -0.1) is 0 Å². The number of benzene rings is 1. The fraction of sp³-hybridized carbons (Fsp3) is 0.636. The molecule has 0 unspecified atom stereocenters. The third-order valence-corrected chi connectivity index (χ3v) is 4.82. The monoisotopic (exact) mass is 348 g/mol. The first-order chi connectivity index (χ1) is 12.0. The van der Waals surface area contributed by atoms with Gasteiger partial charge in [-0.25, -0.2) is 0 Å². The van der Waals surface area contributed by atoms with Gasteiger partial charge in [0.2, 0.25) is 0 Å². The van der Waals surface area contributed by atoms with Gasteiger partial charge >= 0.3 is 5.97 Å². The summed E-state index contributed by atoms with van der Waals surface area (Å²) in [7, 11) is 0. The summed E-state index contributed by atoms with van der Waals surface area (Å²) in [6.07, 6.45) is 8.44. The Kier molecular flexibility index (Phi) is 12.7. The molecule has 1 aliphatic rings. The maximum atomic E-state index is 10.6. The van der Waals surface area contributed by atoms with Crippen molar-refractivity contribution in [2.45, 2.75) is 79.6 Å². The molecule has 1 saturated carbocycles. The van der Waals surface area contributed by atoms with Crippen LogP contribution in [-0.2, 0) is 11.2 Å². The van der Waals surface area contributed by atoms with Crippen LogP contribution >= 0.6 is 0 Å². The van der Waals surface area contributed by atoms with Gasteiger partial charge < -0.3 is 5.11 Å². The summed E-state index contributed by atoms with van der Waals surface area (Å²) in [5.74, 6) is 0.175. The number of aryl methyl sites for hydroxylation is 1. The number of hydrogen-bond donors (Lipinski definition) is 1. The molecular weight excluding hydrogens is 312 g/mol. The second-order valence-electron chi connectivity index (χ2n) is 6.46. The molecule has 0 aliphatic heterocycles. The molecule has 1 N–H and O–H groups in total. The van der Waals surface area contributed by atoms with Gasteiger partial charge in [-0.1, -0.05) is 58.7 Å². The highest BCUT2D eigenvalue weighted by molar-refractivity contribution is 5.77. The summed E-state index contributed by atoms with van der Waals surface area (Å²) in [4.78, 5) is 21.2. The Bertz CT molecular complexity index is 500. The lowest BCUT2D eigenvalue weighted by Gasteiger charge is -2.25. The molecule has 0 saturated heterocycles. The van der Waals surface area contributed by atoms with Crippen LogP contribution < -0.4 is 0 Å². The number of rotatable bonds is 5. The fourth-order valence-corrected chi connectivity index (χ4v) is 3.42. The topological polar surface area (TPSA) is 54.4 Å². The van der Waals surface area contributed by atoms with Crippen molar-refractivity contribution in [3.63, 3.8) is 0 Å². The third kappa shape index (κ3) is 8.33. The van der Waals surface area contributed by atoms with Crippen molar-refractivity contribution < 1.29 is 14.7 Å². The second-order valence-corrected chi connectivity index (χ2v) is 6.46. The quantitative estimate of drug-likeness (QED) is 0.657. The molecule has 1 fully saturated rings. The van der Waals surface area contributed by atoms with E-state index in [1.165, 1.54) is 24.0 Å². The zero-order valence-electron chi connectivity index (χ0n) is 16.7. The van der Waals surface area contributed by atoms with E-state index in [0.29, 0.717) is 0 Å². The average molecular weight is 349 g/mol. The number of aliphatic carboxylic acids is 1. The number of carbonyl (C=O) groups is 2. The molecular formula is C22H36O3. The van der Waals surface area contributed by atoms with E-state index >= 15 is 0 Å². The molecule has 1 aliphatic carbocycles. The summed E-state index contributed by atoms with van der Waals surface area (Å²) in [5.41, 5.74) is 3.20. The zero-order chi connectivity index (χ0) is 19.2. The van der Waals surface area contributed by atoms with Crippen LogP contribution in [0.1, 0.15) is 87.7 Å². The van der Waals surface area contributed by atoms with Crippen LogP contribution in [0.15, 0.2) is 18.2 Å². The lowest BCUT2D eigenvalue weighted by atomic mass is 9.80. The van der Waals surface area contributed by atoms with Crippen molar-refractivity contribution in [3.8, 4) is 0 Å². The Morgan fingerprint density at radius 1 is 1.16 bits per heavy atom. The summed E-state index contributed by atoms with van der Waals surface area (Å²) in [6, 6.07) is 5.81. The molecule has 25 heavy (non-hydrogen) atoms. The van der Waals surface area contributed by atoms with Gasteiger partial charge in [0, 0.05) is 5.56 Å². The van der Waals surface area contributed by atoms with E-state index in [9.17, 15) is 9.59 Å². The van der Waals surface area contributed by atoms with Gasteiger partial charge in [0.1, 0.15) is 6.29 Å². The maximum Gasteiger partial charge on any atom is 0.306 e. The van der Waals surface area contributed by atoms with Crippen LogP contribution in [0, 0.1) is 18.8 Å². The normalized spacial score (nSPS) is 18.9. The van der Waals surface area contributed by atoms with Gasteiger partial charge in [0.05, 0.1) is 5.92 Å². The third-order valence-electron chi connectivity index (χ3n) is 4.82. The lowest BCUT2D eigenvalue weighted by Crippen LogP contribution is -2.21. The number of carboxylic acid groups (broad SMARTS) is 1. The van der Waals surface area contributed by atoms with Crippen LogP contribution in [0.2, 0.25) is 0 Å². The molecule has 0 heterocycles. The molecule has 0 radical (unpaired) electrons. The van der Waals surface area contributed by atoms with Crippen molar-refractivity contribution in [2.24, 2.45) is 11.8 Å². The van der Waals surface area contributed by atoms with Crippen LogP contribution in [-0.4, -0.2) is 17.4 Å². The van der Waals surface area contributed by atoms with E-state index in [1.54, 1.807) is 0 Å². The predicted octanol–water partition coefficient (Wildman–Crippen LogP) is 6.07. The van der Waals surface area contributed by atoms with E-state index in [1.807, 2.05) is 39.0 Å². The highest BCUT2D eigenvalue weighted by Crippen LogP contribution is 2.31. The summed E-state index contributed by atoms with van der Waals surface area (Å²) >= 11 is 0. The molecule has 0 bridgehead atoms. The van der Waals surface area contributed by atoms with Gasteiger partial charge in [-0.05, 0) is 56.1 Å². The van der Waals surface area contributed by atoms with Crippen LogP contribution in [0.4, 0.5) is 0 Å². The first-order valence-electron chi connectivity index (χ1n) is 9.79. The van der Waals surface area contributed by atoms with Gasteiger partial charge in [-0.3, -0.25) is 9.59 Å². The van der Waals surface area contributed by atoms with Gasteiger partial charge in [0.25, 0.3) is 0 Å². The SMILES string of the molecule is CC.CCCC1CCC(C(=O)O)CC1.CCc1c(C)cccc1C=O. The largest absolute Gasteiger partial charge is 0.481 e. The Morgan fingerprint density at radius 2 is 1.76 bits per heavy atom. The van der Waals surface area contributed by atoms with E-state index in [4.69, 9.17) is 5.11 Å². The van der Waals surface area contributed by atoms with Crippen molar-refractivity contribution in [1.82, 2.24) is 0 Å². The van der Waals surface area contributed by atoms with Crippen LogP contribution in [0.5, 0.6) is 0 Å². The summed E-state index contributed by atoms with van der Waals surface area (Å²) < 4.78 is 0. The van der Waals surface area contributed by atoms with E-state index < -0.39 is 5.97 Å². The van der Waals surface area contributed by atoms with Crippen molar-refractivity contribution in [1.29, 1.82) is 0 Å². The van der Waals surface area contributed by atoms with Crippen molar-refractivity contribution in [2.75, 3.05) is 0 Å². The molecule has 0 amide bonds. The highest BCUT2D eigenvalue weighted by atomic mass is 16.4. The molecule has 0 aromatic heterocycles. The highest BCUT2D eigenvalue weighted by Gasteiger charge is 2.24. The Balaban J connectivity index is 0.000000421. The standard InChI is InChI=1S/C10H18O2.C10H12O.C2H6/c1-2-3-8-4-6-9(7-5-8)10(11)12;1-3-10-8(2)5-4-6-9(10)7-11;1-2/h8-9H,2-7H2,1H3,(H,11,12);4-7H,3H2,1-2H3;1-2H3. The van der Waals surface area contributed by atoms with Crippen LogP contribution in [0.25, 0.3) is 0 Å². The maximum absolute atomic E-state index is 10.6. The molecule has 142 valence electrons. The molecule has 2 rings (SSSR count). The van der Waals surface area contributed by atoms with Crippen LogP contribution in [0.3, 0.4) is 0 Å². The summed E-state index contributed by atoms with van der Waals surface area (Å²) in [5, 5.41) is 8.75. The smallest absolute Gasteiger partial charge is 0.306 e. The van der Waals surface area contributed by atoms with E-state index in [-0.39, 0.29) is 5.92 Å². The van der Waals surface area contributed by atoms with E-state index in [0.717, 1.165) is 49.9 Å². The molecule has 0 atom stereocenters. The molecule has 1 aromatic carbocycles. The lowest BCUT2D eigenvalue weighted by molar-refractivity contribution is -0.143. The van der Waals surface area contributed by atoms with Gasteiger partial charge in [-0.2, -0.15) is 0 Å². The summed E-state index contributed by atoms with van der Waals surface area (Å²) in [6.45, 7) is 10.3. The second kappa shape index (κ2) is 13.6. The minimum absolute atomic E-state index is 0.0434. The Morgan fingerprint density at radius 3 is 2.16 bits per heavy atom. The number of hydrogen-bond acceptors (Lipinski definition) is 2. The molecule has 0 spiro atoms. The van der Waals surface area contributed by atoms with Gasteiger partial charge in [0.15, 0.2) is 0 Å². The Labute approximate surface area is 153 Å². The number of carbonyl (C=O) groups excluding carboxylic acids is 1. The van der Waals surface area contributed by atoms with Crippen molar-refractivity contribution in [3.05, 3.63) is 34.9 Å². The first kappa shape index (κ1) is 23.4. The average Bonchev–Trinajstić information content (AvgIpc) is 2.64. The predicted molar refractivity (Wildman–Crippen MR) is 105 cm³/mol. The first-order valence-corrected chi connectivity index (χ1v) is 9.79. The minimum Gasteiger partial charge on any atom is -0.481 e. The molecule has 3 nitrogen and oxygen atoms in total. The molecule has 1 aromatic rings. The fourth-order valence-electron chi connectivity index (χ4n) is 3.42. The number of carboxylic acids is 1. The molecule has 3 heteroatoms.